The second-order valence-electron chi connectivity index (χ2n) is 7.39. The summed E-state index contributed by atoms with van der Waals surface area (Å²) in [7, 11) is -2.55. The molecule has 0 saturated carbocycles. The molecule has 0 bridgehead atoms. The summed E-state index contributed by atoms with van der Waals surface area (Å²) in [5.41, 5.74) is 10.7. The lowest BCUT2D eigenvalue weighted by molar-refractivity contribution is 0.276. The van der Waals surface area contributed by atoms with Gasteiger partial charge in [-0.15, -0.1) is 9.42 Å². The molecule has 8 heteroatoms. The van der Waals surface area contributed by atoms with E-state index in [0.717, 1.165) is 29.5 Å². The van der Waals surface area contributed by atoms with E-state index in [1.165, 1.54) is 31.2 Å². The van der Waals surface area contributed by atoms with Crippen molar-refractivity contribution in [1.29, 1.82) is 0 Å². The average molecular weight is 447 g/mol. The summed E-state index contributed by atoms with van der Waals surface area (Å²) in [6, 6.07) is 12.3. The van der Waals surface area contributed by atoms with Crippen LogP contribution in [-0.4, -0.2) is 28.1 Å². The number of aliphatic hydroxyl groups excluding tert-OH is 1. The quantitative estimate of drug-likeness (QED) is 0.186. The fourth-order valence-corrected chi connectivity index (χ4v) is 3.56. The molecule has 168 valence electrons. The number of hydrogen-bond acceptors (Lipinski definition) is 6. The van der Waals surface area contributed by atoms with Gasteiger partial charge in [0.25, 0.3) is 0 Å². The minimum absolute atomic E-state index is 0.209. The standard InChI is InChI=1S/C23H32N3O4P/c1-2-3-4-5-7-18-8-10-19(11-9-18)21-13-12-20(26-23(21)22(24)17-27)16-25-14-6-15-30-31(28)29/h8-13,17,25H,2-7,14-16,24H2,1H3,(H-,26,27,28,29)/p+1. The van der Waals surface area contributed by atoms with E-state index in [-0.39, 0.29) is 12.3 Å². The monoisotopic (exact) mass is 446 g/mol. The molecule has 0 radical (unpaired) electrons. The predicted molar refractivity (Wildman–Crippen MR) is 124 cm³/mol. The Morgan fingerprint density at radius 1 is 1.16 bits per heavy atom. The normalized spacial score (nSPS) is 12.2. The number of aryl methyl sites for hydroxylation is 1. The zero-order chi connectivity index (χ0) is 22.5. The van der Waals surface area contributed by atoms with E-state index in [0.29, 0.717) is 25.2 Å². The van der Waals surface area contributed by atoms with Gasteiger partial charge in [-0.1, -0.05) is 56.5 Å². The number of pyridine rings is 1. The Morgan fingerprint density at radius 2 is 1.94 bits per heavy atom. The fraction of sp³-hybridized carbons (Fsp3) is 0.435. The molecule has 0 spiro atoms. The number of benzene rings is 1. The summed E-state index contributed by atoms with van der Waals surface area (Å²) < 4.78 is 15.1. The van der Waals surface area contributed by atoms with Crippen molar-refractivity contribution in [2.75, 3.05) is 13.2 Å². The Hall–Kier alpha value is -2.31. The van der Waals surface area contributed by atoms with Crippen LogP contribution in [0.2, 0.25) is 0 Å². The minimum Gasteiger partial charge on any atom is -0.513 e. The van der Waals surface area contributed by atoms with Crippen molar-refractivity contribution in [3.8, 4) is 11.1 Å². The Balaban J connectivity index is 2.03. The molecule has 0 saturated heterocycles. The van der Waals surface area contributed by atoms with Gasteiger partial charge in [-0.2, -0.15) is 0 Å². The van der Waals surface area contributed by atoms with Crippen LogP contribution < -0.4 is 11.1 Å². The highest BCUT2D eigenvalue weighted by Gasteiger charge is 2.12. The first-order valence-electron chi connectivity index (χ1n) is 10.7. The fourth-order valence-electron chi connectivity index (χ4n) is 3.28. The zero-order valence-electron chi connectivity index (χ0n) is 18.1. The maximum atomic E-state index is 10.5. The van der Waals surface area contributed by atoms with Crippen molar-refractivity contribution in [2.45, 2.75) is 52.0 Å². The van der Waals surface area contributed by atoms with Crippen LogP contribution in [0.4, 0.5) is 0 Å². The maximum Gasteiger partial charge on any atom is 0.694 e. The molecule has 0 fully saturated rings. The number of unbranched alkanes of at least 4 members (excludes halogenated alkanes) is 3. The molecule has 0 aliphatic heterocycles. The van der Waals surface area contributed by atoms with E-state index in [2.05, 4.69) is 46.0 Å². The SMILES string of the molecule is CCCCCCc1ccc(-c2ccc(CNCCCO[P+](=O)O)nc2/C(N)=C/O)cc1. The number of nitrogens with one attached hydrogen (secondary N) is 1. The van der Waals surface area contributed by atoms with Crippen LogP contribution in [0.1, 0.15) is 56.0 Å². The van der Waals surface area contributed by atoms with Crippen molar-refractivity contribution in [2.24, 2.45) is 5.73 Å². The summed E-state index contributed by atoms with van der Waals surface area (Å²) in [5.74, 6) is 0. The summed E-state index contributed by atoms with van der Waals surface area (Å²) >= 11 is 0. The molecule has 31 heavy (non-hydrogen) atoms. The lowest BCUT2D eigenvalue weighted by atomic mass is 9.99. The molecule has 1 aromatic heterocycles. The second-order valence-corrected chi connectivity index (χ2v) is 8.13. The van der Waals surface area contributed by atoms with E-state index in [1.54, 1.807) is 0 Å². The maximum absolute atomic E-state index is 10.5. The van der Waals surface area contributed by atoms with Crippen LogP contribution >= 0.6 is 8.25 Å². The molecule has 5 N–H and O–H groups in total. The van der Waals surface area contributed by atoms with Crippen LogP contribution in [0.25, 0.3) is 16.8 Å². The highest BCUT2D eigenvalue weighted by atomic mass is 31.1. The molecule has 1 aromatic carbocycles. The molecular formula is C23H33N3O4P+. The van der Waals surface area contributed by atoms with Crippen LogP contribution in [0, 0.1) is 0 Å². The van der Waals surface area contributed by atoms with Gasteiger partial charge in [-0.25, -0.2) is 4.98 Å². The van der Waals surface area contributed by atoms with Gasteiger partial charge < -0.3 is 16.2 Å². The molecule has 1 heterocycles. The molecule has 2 rings (SSSR count). The summed E-state index contributed by atoms with van der Waals surface area (Å²) in [4.78, 5) is 13.2. The molecule has 0 aliphatic rings. The van der Waals surface area contributed by atoms with E-state index in [1.807, 2.05) is 12.1 Å². The number of rotatable bonds is 14. The first-order valence-corrected chi connectivity index (χ1v) is 11.9. The summed E-state index contributed by atoms with van der Waals surface area (Å²) in [5, 5.41) is 12.7. The highest BCUT2D eigenvalue weighted by Crippen LogP contribution is 2.27. The second kappa shape index (κ2) is 13.9. The van der Waals surface area contributed by atoms with E-state index < -0.39 is 8.25 Å². The number of nitrogens with zero attached hydrogens (tertiary/aromatic N) is 1. The third kappa shape index (κ3) is 8.75. The molecule has 0 amide bonds. The van der Waals surface area contributed by atoms with Crippen molar-refractivity contribution >= 4 is 14.0 Å². The molecular weight excluding hydrogens is 413 g/mol. The Bertz CT molecular complexity index is 856. The van der Waals surface area contributed by atoms with Crippen molar-refractivity contribution in [1.82, 2.24) is 10.3 Å². The van der Waals surface area contributed by atoms with Gasteiger partial charge in [0.1, 0.15) is 12.9 Å². The largest absolute Gasteiger partial charge is 0.694 e. The topological polar surface area (TPSA) is 118 Å². The number of hydrogen-bond donors (Lipinski definition) is 4. The van der Waals surface area contributed by atoms with E-state index in [4.69, 9.17) is 10.6 Å². The smallest absolute Gasteiger partial charge is 0.513 e. The lowest BCUT2D eigenvalue weighted by Crippen LogP contribution is -2.17. The molecule has 2 aromatic rings. The number of aliphatic hydroxyl groups is 1. The van der Waals surface area contributed by atoms with Gasteiger partial charge in [0.05, 0.1) is 17.1 Å². The average Bonchev–Trinajstić information content (AvgIpc) is 2.78. The van der Waals surface area contributed by atoms with Gasteiger partial charge in [-0.3, -0.25) is 0 Å². The van der Waals surface area contributed by atoms with E-state index >= 15 is 0 Å². The number of nitrogens with two attached hydrogens (primary N) is 1. The van der Waals surface area contributed by atoms with Crippen LogP contribution in [0.5, 0.6) is 0 Å². The van der Waals surface area contributed by atoms with Crippen LogP contribution in [0.15, 0.2) is 42.7 Å². The van der Waals surface area contributed by atoms with Crippen molar-refractivity contribution in [3.63, 3.8) is 0 Å². The number of aromatic nitrogens is 1. The van der Waals surface area contributed by atoms with Gasteiger partial charge in [0.15, 0.2) is 0 Å². The first-order chi connectivity index (χ1) is 15.0. The molecule has 1 atom stereocenters. The van der Waals surface area contributed by atoms with Gasteiger partial charge in [-0.05, 0) is 43.0 Å². The van der Waals surface area contributed by atoms with Crippen LogP contribution in [-0.2, 0) is 22.1 Å². The minimum atomic E-state index is -2.55. The third-order valence-electron chi connectivity index (χ3n) is 4.96. The first kappa shape index (κ1) is 25.0. The van der Waals surface area contributed by atoms with Crippen molar-refractivity contribution in [3.05, 3.63) is 59.6 Å². The van der Waals surface area contributed by atoms with Crippen LogP contribution in [0.3, 0.4) is 0 Å². The van der Waals surface area contributed by atoms with E-state index in [9.17, 15) is 9.67 Å². The zero-order valence-corrected chi connectivity index (χ0v) is 19.0. The summed E-state index contributed by atoms with van der Waals surface area (Å²) in [6.07, 6.45) is 7.53. The van der Waals surface area contributed by atoms with Crippen molar-refractivity contribution < 1.29 is 19.1 Å². The lowest BCUT2D eigenvalue weighted by Gasteiger charge is -2.12. The van der Waals surface area contributed by atoms with Gasteiger partial charge >= 0.3 is 8.25 Å². The third-order valence-corrected chi connectivity index (χ3v) is 5.36. The van der Waals surface area contributed by atoms with Gasteiger partial charge in [0, 0.05) is 16.7 Å². The highest BCUT2D eigenvalue weighted by molar-refractivity contribution is 7.32. The Morgan fingerprint density at radius 3 is 2.61 bits per heavy atom. The Labute approximate surface area is 185 Å². The summed E-state index contributed by atoms with van der Waals surface area (Å²) in [6.45, 7) is 3.55. The predicted octanol–water partition coefficient (Wildman–Crippen LogP) is 4.83. The molecule has 0 aliphatic carbocycles. The molecule has 7 nitrogen and oxygen atoms in total. The molecule has 1 unspecified atom stereocenters. The van der Waals surface area contributed by atoms with Gasteiger partial charge in [0.2, 0.25) is 0 Å². The Kier molecular flexibility index (Phi) is 11.2.